The first kappa shape index (κ1) is 21.3. The molecule has 0 bridgehead atoms. The summed E-state index contributed by atoms with van der Waals surface area (Å²) >= 11 is 18.1. The quantitative estimate of drug-likeness (QED) is 0.491. The molecule has 31 heavy (non-hydrogen) atoms. The lowest BCUT2D eigenvalue weighted by Crippen LogP contribution is -2.30. The van der Waals surface area contributed by atoms with Crippen molar-refractivity contribution in [3.63, 3.8) is 0 Å². The number of rotatable bonds is 3. The second kappa shape index (κ2) is 8.30. The van der Waals surface area contributed by atoms with Crippen LogP contribution in [0.2, 0.25) is 15.2 Å². The average molecular weight is 484 g/mol. The van der Waals surface area contributed by atoms with Gasteiger partial charge in [-0.25, -0.2) is 13.8 Å². The maximum Gasteiger partial charge on any atom is 0.261 e. The van der Waals surface area contributed by atoms with Gasteiger partial charge in [-0.3, -0.25) is 9.59 Å². The van der Waals surface area contributed by atoms with Crippen LogP contribution in [-0.2, 0) is 0 Å². The molecule has 1 atom stereocenters. The average Bonchev–Trinajstić information content (AvgIpc) is 2.71. The minimum atomic E-state index is -1.26. The van der Waals surface area contributed by atoms with Gasteiger partial charge in [0.25, 0.3) is 5.91 Å². The van der Waals surface area contributed by atoms with Gasteiger partial charge in [-0.2, -0.15) is 0 Å². The smallest absolute Gasteiger partial charge is 0.261 e. The monoisotopic (exact) mass is 482 g/mol. The number of pyridine rings is 2. The van der Waals surface area contributed by atoms with E-state index < -0.39 is 29.2 Å². The van der Waals surface area contributed by atoms with Gasteiger partial charge in [0.05, 0.1) is 21.1 Å². The van der Waals surface area contributed by atoms with Crippen LogP contribution >= 0.6 is 34.8 Å². The number of halogens is 5. The van der Waals surface area contributed by atoms with E-state index in [9.17, 15) is 18.4 Å². The molecule has 2 aromatic heterocycles. The minimum absolute atomic E-state index is 0.00147. The Morgan fingerprint density at radius 1 is 1.13 bits per heavy atom. The third-order valence-electron chi connectivity index (χ3n) is 4.48. The van der Waals surface area contributed by atoms with Crippen molar-refractivity contribution in [2.45, 2.75) is 6.17 Å². The highest BCUT2D eigenvalue weighted by Gasteiger charge is 2.25. The summed E-state index contributed by atoms with van der Waals surface area (Å²) < 4.78 is 29.1. The second-order valence-corrected chi connectivity index (χ2v) is 7.66. The summed E-state index contributed by atoms with van der Waals surface area (Å²) in [6.45, 7) is 0. The molecule has 3 aromatic rings. The summed E-state index contributed by atoms with van der Waals surface area (Å²) in [4.78, 5) is 30.0. The fourth-order valence-electron chi connectivity index (χ4n) is 3.06. The maximum absolute atomic E-state index is 14.5. The number of benzene rings is 1. The van der Waals surface area contributed by atoms with Gasteiger partial charge in [-0.15, -0.1) is 0 Å². The van der Waals surface area contributed by atoms with Crippen LogP contribution in [0.25, 0.3) is 11.0 Å². The molecular formula is C20H11Cl3F2N4O2. The zero-order valence-corrected chi connectivity index (χ0v) is 17.6. The van der Waals surface area contributed by atoms with Crippen molar-refractivity contribution >= 4 is 57.4 Å². The minimum Gasteiger partial charge on any atom is -0.363 e. The molecule has 158 valence electrons. The van der Waals surface area contributed by atoms with Crippen LogP contribution < -0.4 is 16.1 Å². The molecule has 2 N–H and O–H groups in total. The van der Waals surface area contributed by atoms with Crippen molar-refractivity contribution in [3.05, 3.63) is 91.4 Å². The van der Waals surface area contributed by atoms with Gasteiger partial charge in [-0.1, -0.05) is 40.9 Å². The highest BCUT2D eigenvalue weighted by atomic mass is 35.5. The zero-order valence-electron chi connectivity index (χ0n) is 15.3. The molecule has 11 heteroatoms. The highest BCUT2D eigenvalue weighted by Crippen LogP contribution is 2.31. The number of carbonyl (C=O) groups excluding carboxylic acids is 1. The lowest BCUT2D eigenvalue weighted by molar-refractivity contribution is 0.102. The molecule has 1 aliphatic rings. The van der Waals surface area contributed by atoms with Crippen molar-refractivity contribution in [2.24, 2.45) is 0 Å². The third kappa shape index (κ3) is 4.01. The number of amides is 1. The van der Waals surface area contributed by atoms with Crippen LogP contribution in [0.1, 0.15) is 16.5 Å². The van der Waals surface area contributed by atoms with Gasteiger partial charge >= 0.3 is 0 Å². The van der Waals surface area contributed by atoms with E-state index >= 15 is 0 Å². The Morgan fingerprint density at radius 3 is 2.52 bits per heavy atom. The summed E-state index contributed by atoms with van der Waals surface area (Å²) in [7, 11) is 0. The number of carbonyl (C=O) groups is 1. The molecule has 0 spiro atoms. The number of fused-ring (bicyclic) bond motifs is 1. The molecule has 0 fully saturated rings. The molecular weight excluding hydrogens is 473 g/mol. The Bertz CT molecular complexity index is 1330. The summed E-state index contributed by atoms with van der Waals surface area (Å²) in [6, 6.07) is 7.35. The van der Waals surface area contributed by atoms with Crippen LogP contribution in [0.4, 0.5) is 14.5 Å². The molecule has 0 radical (unpaired) electrons. The van der Waals surface area contributed by atoms with E-state index in [0.717, 1.165) is 12.4 Å². The number of aromatic nitrogens is 2. The van der Waals surface area contributed by atoms with Crippen LogP contribution in [0.3, 0.4) is 0 Å². The first-order chi connectivity index (χ1) is 14.8. The lowest BCUT2D eigenvalue weighted by Gasteiger charge is -2.24. The number of hydrogen-bond donors (Lipinski definition) is 2. The van der Waals surface area contributed by atoms with E-state index in [2.05, 4.69) is 15.6 Å². The maximum atomic E-state index is 14.5. The standard InChI is InChI=1S/C20H11Cl3F2N4O2/c21-12-2-1-3-13(22)16(12)28-20(31)11-8-29(19-14(25)6-9(24)7-26-19)18-10(17(11)30)4-5-15(23)27-18/h1-8,19,26H,(H,28,31). The molecule has 4 rings (SSSR count). The van der Waals surface area contributed by atoms with Gasteiger partial charge in [0.2, 0.25) is 5.43 Å². The molecule has 0 aliphatic carbocycles. The van der Waals surface area contributed by atoms with Gasteiger partial charge in [-0.05, 0) is 24.3 Å². The molecule has 1 aromatic carbocycles. The highest BCUT2D eigenvalue weighted by molar-refractivity contribution is 6.40. The van der Waals surface area contributed by atoms with Crippen molar-refractivity contribution in [2.75, 3.05) is 5.32 Å². The van der Waals surface area contributed by atoms with E-state index in [4.69, 9.17) is 34.8 Å². The molecule has 0 saturated carbocycles. The van der Waals surface area contributed by atoms with E-state index in [1.807, 2.05) is 0 Å². The van der Waals surface area contributed by atoms with Gasteiger partial charge in [0.1, 0.15) is 28.0 Å². The number of nitrogens with one attached hydrogen (secondary N) is 2. The number of dihydropyridines is 1. The topological polar surface area (TPSA) is 76.0 Å². The van der Waals surface area contributed by atoms with Crippen molar-refractivity contribution < 1.29 is 13.6 Å². The van der Waals surface area contributed by atoms with Crippen molar-refractivity contribution in [1.29, 1.82) is 0 Å². The van der Waals surface area contributed by atoms with Gasteiger partial charge < -0.3 is 15.2 Å². The predicted molar refractivity (Wildman–Crippen MR) is 116 cm³/mol. The molecule has 1 aliphatic heterocycles. The summed E-state index contributed by atoms with van der Waals surface area (Å²) in [6.07, 6.45) is 1.48. The Balaban J connectivity index is 1.88. The van der Waals surface area contributed by atoms with Crippen LogP contribution in [0, 0.1) is 0 Å². The van der Waals surface area contributed by atoms with Crippen LogP contribution in [0.5, 0.6) is 0 Å². The largest absolute Gasteiger partial charge is 0.363 e. The fraction of sp³-hybridized carbons (Fsp3) is 0.0500. The van der Waals surface area contributed by atoms with Crippen molar-refractivity contribution in [1.82, 2.24) is 14.9 Å². The first-order valence-electron chi connectivity index (χ1n) is 8.72. The van der Waals surface area contributed by atoms with E-state index in [1.165, 1.54) is 28.8 Å². The number of allylic oxidation sites excluding steroid dienone is 2. The Morgan fingerprint density at radius 2 is 1.84 bits per heavy atom. The fourth-order valence-corrected chi connectivity index (χ4v) is 3.70. The normalized spacial score (nSPS) is 15.8. The predicted octanol–water partition coefficient (Wildman–Crippen LogP) is 5.38. The molecule has 1 amide bonds. The van der Waals surface area contributed by atoms with Crippen LogP contribution in [0.15, 0.2) is 65.3 Å². The molecule has 0 saturated heterocycles. The molecule has 1 unspecified atom stereocenters. The van der Waals surface area contributed by atoms with E-state index in [0.29, 0.717) is 6.08 Å². The van der Waals surface area contributed by atoms with Crippen LogP contribution in [-0.4, -0.2) is 15.5 Å². The third-order valence-corrected chi connectivity index (χ3v) is 5.32. The lowest BCUT2D eigenvalue weighted by atomic mass is 10.1. The Kier molecular flexibility index (Phi) is 5.70. The van der Waals surface area contributed by atoms with Gasteiger partial charge in [0.15, 0.2) is 6.17 Å². The second-order valence-electron chi connectivity index (χ2n) is 6.46. The number of hydrogen-bond acceptors (Lipinski definition) is 4. The van der Waals surface area contributed by atoms with Crippen molar-refractivity contribution in [3.8, 4) is 0 Å². The number of anilines is 1. The Hall–Kier alpha value is -2.94. The summed E-state index contributed by atoms with van der Waals surface area (Å²) in [5.41, 5.74) is -0.889. The number of nitrogens with zero attached hydrogens (tertiary/aromatic N) is 2. The molecule has 6 nitrogen and oxygen atoms in total. The first-order valence-corrected chi connectivity index (χ1v) is 9.85. The van der Waals surface area contributed by atoms with E-state index in [-0.39, 0.29) is 37.5 Å². The number of para-hydroxylation sites is 1. The van der Waals surface area contributed by atoms with Gasteiger partial charge in [0, 0.05) is 18.5 Å². The zero-order chi connectivity index (χ0) is 22.3. The van der Waals surface area contributed by atoms with E-state index in [1.54, 1.807) is 6.07 Å². The molecule has 3 heterocycles. The summed E-state index contributed by atoms with van der Waals surface area (Å²) in [5.74, 6) is -2.55. The summed E-state index contributed by atoms with van der Waals surface area (Å²) in [5, 5.41) is 5.40. The Labute approximate surface area is 188 Å². The SMILES string of the molecule is O=C(Nc1c(Cl)cccc1Cl)c1cn(C2NC=C(F)C=C2F)c2nc(Cl)ccc2c1=O.